The summed E-state index contributed by atoms with van der Waals surface area (Å²) in [5.74, 6) is -0.504. The van der Waals surface area contributed by atoms with Crippen LogP contribution in [0.1, 0.15) is 15.2 Å². The van der Waals surface area contributed by atoms with Crippen molar-refractivity contribution < 1.29 is 18.0 Å². The second kappa shape index (κ2) is 6.51. The minimum Gasteiger partial charge on any atom is -0.321 e. The molecule has 136 valence electrons. The van der Waals surface area contributed by atoms with E-state index in [1.54, 1.807) is 6.07 Å². The topological polar surface area (TPSA) is 42.0 Å². The summed E-state index contributed by atoms with van der Waals surface area (Å²) in [5.41, 5.74) is -0.0436. The van der Waals surface area contributed by atoms with Gasteiger partial charge in [0.2, 0.25) is 0 Å². The molecule has 0 saturated heterocycles. The number of carbonyl (C=O) groups is 1. The molecule has 4 aromatic rings. The number of benzene rings is 2. The van der Waals surface area contributed by atoms with Gasteiger partial charge in [0, 0.05) is 21.2 Å². The average Bonchev–Trinajstić information content (AvgIpc) is 3.08. The molecule has 2 heterocycles. The third kappa shape index (κ3) is 3.36. The van der Waals surface area contributed by atoms with E-state index in [1.165, 1.54) is 23.5 Å². The number of amides is 1. The van der Waals surface area contributed by atoms with Crippen LogP contribution in [-0.4, -0.2) is 10.9 Å². The van der Waals surface area contributed by atoms with Crippen molar-refractivity contribution in [3.63, 3.8) is 0 Å². The molecule has 27 heavy (non-hydrogen) atoms. The van der Waals surface area contributed by atoms with E-state index < -0.39 is 17.6 Å². The number of aromatic nitrogens is 1. The normalized spacial score (nSPS) is 11.9. The van der Waals surface area contributed by atoms with Gasteiger partial charge in [0.15, 0.2) is 0 Å². The maximum Gasteiger partial charge on any atom is 0.416 e. The Morgan fingerprint density at radius 2 is 1.81 bits per heavy atom. The first-order valence-corrected chi connectivity index (χ1v) is 8.99. The number of hydrogen-bond donors (Lipinski definition) is 1. The van der Waals surface area contributed by atoms with Crippen molar-refractivity contribution in [3.05, 3.63) is 70.2 Å². The number of anilines is 1. The Kier molecular flexibility index (Phi) is 4.28. The molecule has 0 unspecified atom stereocenters. The SMILES string of the molecule is O=C(Nc1cccc(C(F)(F)F)c1)c1cc2c(Cl)nc3ccccc3c2s1. The van der Waals surface area contributed by atoms with E-state index >= 15 is 0 Å². The summed E-state index contributed by atoms with van der Waals surface area (Å²) < 4.78 is 39.3. The quantitative estimate of drug-likeness (QED) is 0.393. The van der Waals surface area contributed by atoms with Gasteiger partial charge in [0.1, 0.15) is 5.15 Å². The standard InChI is InChI=1S/C19H10ClF3N2OS/c20-17-13-9-15(27-16(13)12-6-1-2-7-14(12)25-17)18(26)24-11-5-3-4-10(8-11)19(21,22)23/h1-9H,(H,24,26). The average molecular weight is 407 g/mol. The fraction of sp³-hybridized carbons (Fsp3) is 0.0526. The number of nitrogens with zero attached hydrogens (tertiary/aromatic N) is 1. The molecule has 0 aliphatic heterocycles. The number of pyridine rings is 1. The molecule has 2 aromatic carbocycles. The van der Waals surface area contributed by atoms with Crippen molar-refractivity contribution in [3.8, 4) is 0 Å². The van der Waals surface area contributed by atoms with Crippen LogP contribution in [0.4, 0.5) is 18.9 Å². The molecule has 0 aliphatic rings. The first kappa shape index (κ1) is 17.8. The number of para-hydroxylation sites is 1. The Hall–Kier alpha value is -2.64. The third-order valence-electron chi connectivity index (χ3n) is 3.99. The molecular formula is C19H10ClF3N2OS. The second-order valence-corrected chi connectivity index (χ2v) is 7.22. The molecule has 0 radical (unpaired) electrons. The Bertz CT molecular complexity index is 1190. The van der Waals surface area contributed by atoms with Gasteiger partial charge in [-0.1, -0.05) is 35.9 Å². The molecule has 0 atom stereocenters. The van der Waals surface area contributed by atoms with Gasteiger partial charge in [-0.05, 0) is 30.3 Å². The number of rotatable bonds is 2. The molecule has 2 aromatic heterocycles. The van der Waals surface area contributed by atoms with Crippen LogP contribution in [0.3, 0.4) is 0 Å². The number of nitrogens with one attached hydrogen (secondary N) is 1. The van der Waals surface area contributed by atoms with Crippen molar-refractivity contribution >= 4 is 55.5 Å². The molecule has 0 bridgehead atoms. The van der Waals surface area contributed by atoms with Gasteiger partial charge < -0.3 is 5.32 Å². The van der Waals surface area contributed by atoms with Gasteiger partial charge in [0.05, 0.1) is 16.0 Å². The maximum absolute atomic E-state index is 12.8. The zero-order valence-corrected chi connectivity index (χ0v) is 15.0. The van der Waals surface area contributed by atoms with E-state index in [2.05, 4.69) is 10.3 Å². The number of hydrogen-bond acceptors (Lipinski definition) is 3. The predicted molar refractivity (Wildman–Crippen MR) is 102 cm³/mol. The zero-order valence-electron chi connectivity index (χ0n) is 13.5. The minimum atomic E-state index is -4.48. The van der Waals surface area contributed by atoms with Crippen molar-refractivity contribution in [1.82, 2.24) is 4.98 Å². The molecule has 1 N–H and O–H groups in total. The van der Waals surface area contributed by atoms with Gasteiger partial charge in [-0.2, -0.15) is 13.2 Å². The molecule has 0 fully saturated rings. The van der Waals surface area contributed by atoms with Crippen LogP contribution in [-0.2, 0) is 6.18 Å². The number of fused-ring (bicyclic) bond motifs is 3. The van der Waals surface area contributed by atoms with E-state index in [-0.39, 0.29) is 10.8 Å². The summed E-state index contributed by atoms with van der Waals surface area (Å²) >= 11 is 7.44. The maximum atomic E-state index is 12.8. The van der Waals surface area contributed by atoms with E-state index in [9.17, 15) is 18.0 Å². The Balaban J connectivity index is 1.72. The predicted octanol–water partition coefficient (Wildman–Crippen LogP) is 6.37. The van der Waals surface area contributed by atoms with Crippen LogP contribution >= 0.6 is 22.9 Å². The molecule has 0 aliphatic carbocycles. The first-order chi connectivity index (χ1) is 12.8. The molecule has 0 spiro atoms. The third-order valence-corrected chi connectivity index (χ3v) is 5.45. The summed E-state index contributed by atoms with van der Waals surface area (Å²) in [5, 5.41) is 4.28. The number of halogens is 4. The highest BCUT2D eigenvalue weighted by Gasteiger charge is 2.30. The number of carbonyl (C=O) groups excluding carboxylic acids is 1. The Morgan fingerprint density at radius 1 is 1.04 bits per heavy atom. The smallest absolute Gasteiger partial charge is 0.321 e. The molecular weight excluding hydrogens is 397 g/mol. The van der Waals surface area contributed by atoms with Gasteiger partial charge in [-0.3, -0.25) is 4.79 Å². The van der Waals surface area contributed by atoms with Crippen LogP contribution < -0.4 is 5.32 Å². The Morgan fingerprint density at radius 3 is 2.59 bits per heavy atom. The first-order valence-electron chi connectivity index (χ1n) is 7.79. The molecule has 8 heteroatoms. The summed E-state index contributed by atoms with van der Waals surface area (Å²) in [6, 6.07) is 13.5. The summed E-state index contributed by atoms with van der Waals surface area (Å²) in [7, 11) is 0. The van der Waals surface area contributed by atoms with Crippen LogP contribution in [0.25, 0.3) is 21.0 Å². The summed E-state index contributed by atoms with van der Waals surface area (Å²) in [6.45, 7) is 0. The van der Waals surface area contributed by atoms with Gasteiger partial charge in [-0.15, -0.1) is 11.3 Å². The molecule has 4 rings (SSSR count). The van der Waals surface area contributed by atoms with Gasteiger partial charge in [-0.25, -0.2) is 4.98 Å². The van der Waals surface area contributed by atoms with Crippen LogP contribution in [0.15, 0.2) is 54.6 Å². The summed E-state index contributed by atoms with van der Waals surface area (Å²) in [4.78, 5) is 17.2. The van der Waals surface area contributed by atoms with Gasteiger partial charge >= 0.3 is 6.18 Å². The van der Waals surface area contributed by atoms with Gasteiger partial charge in [0.25, 0.3) is 5.91 Å². The lowest BCUT2D eigenvalue weighted by Crippen LogP contribution is -2.11. The van der Waals surface area contributed by atoms with Crippen molar-refractivity contribution in [2.24, 2.45) is 0 Å². The number of thiophene rings is 1. The van der Waals surface area contributed by atoms with E-state index in [0.29, 0.717) is 15.8 Å². The highest BCUT2D eigenvalue weighted by molar-refractivity contribution is 7.22. The van der Waals surface area contributed by atoms with Crippen LogP contribution in [0.5, 0.6) is 0 Å². The van der Waals surface area contributed by atoms with Crippen molar-refractivity contribution in [2.75, 3.05) is 5.32 Å². The van der Waals surface area contributed by atoms with Crippen molar-refractivity contribution in [2.45, 2.75) is 6.18 Å². The highest BCUT2D eigenvalue weighted by atomic mass is 35.5. The largest absolute Gasteiger partial charge is 0.416 e. The van der Waals surface area contributed by atoms with Crippen LogP contribution in [0, 0.1) is 0 Å². The summed E-state index contributed by atoms with van der Waals surface area (Å²) in [6.07, 6.45) is -4.48. The van der Waals surface area contributed by atoms with E-state index in [1.807, 2.05) is 24.3 Å². The zero-order chi connectivity index (χ0) is 19.2. The number of alkyl halides is 3. The Labute approximate surface area is 160 Å². The molecule has 3 nitrogen and oxygen atoms in total. The molecule has 0 saturated carbocycles. The second-order valence-electron chi connectivity index (χ2n) is 5.81. The monoisotopic (exact) mass is 406 g/mol. The lowest BCUT2D eigenvalue weighted by molar-refractivity contribution is -0.137. The van der Waals surface area contributed by atoms with E-state index in [4.69, 9.17) is 11.6 Å². The lowest BCUT2D eigenvalue weighted by atomic mass is 10.2. The van der Waals surface area contributed by atoms with Crippen LogP contribution in [0.2, 0.25) is 5.15 Å². The molecule has 1 amide bonds. The minimum absolute atomic E-state index is 0.0707. The van der Waals surface area contributed by atoms with Crippen molar-refractivity contribution in [1.29, 1.82) is 0 Å². The lowest BCUT2D eigenvalue weighted by Gasteiger charge is -2.09. The van der Waals surface area contributed by atoms with E-state index in [0.717, 1.165) is 22.2 Å². The fourth-order valence-corrected chi connectivity index (χ4v) is 4.14. The fourth-order valence-electron chi connectivity index (χ4n) is 2.75. The highest BCUT2D eigenvalue weighted by Crippen LogP contribution is 2.36.